The molecular formula is C12H22I2-2. The van der Waals surface area contributed by atoms with Crippen molar-refractivity contribution in [1.29, 1.82) is 0 Å². The molecule has 0 saturated heterocycles. The van der Waals surface area contributed by atoms with Crippen molar-refractivity contribution in [2.24, 2.45) is 5.92 Å². The molecule has 2 aliphatic rings. The summed E-state index contributed by atoms with van der Waals surface area (Å²) in [6.07, 6.45) is 11.0. The molecular weight excluding hydrogens is 398 g/mol. The second-order valence-corrected chi connectivity index (χ2v) is 15.0. The van der Waals surface area contributed by atoms with Gasteiger partial charge in [0.05, 0.1) is 0 Å². The number of hydrogen-bond acceptors (Lipinski definition) is 0. The Hall–Kier alpha value is 1.46. The van der Waals surface area contributed by atoms with Crippen molar-refractivity contribution >= 4 is 0 Å². The molecule has 2 rings (SSSR count). The summed E-state index contributed by atoms with van der Waals surface area (Å²) in [4.78, 5) is 0. The molecule has 0 heterocycles. The van der Waals surface area contributed by atoms with E-state index in [0.717, 1.165) is 0 Å². The minimum absolute atomic E-state index is 0.594. The summed E-state index contributed by atoms with van der Waals surface area (Å²) in [5.74, 6) is 1.19. The van der Waals surface area contributed by atoms with Crippen LogP contribution in [0.3, 0.4) is 0 Å². The van der Waals surface area contributed by atoms with E-state index >= 15 is 0 Å². The predicted molar refractivity (Wildman–Crippen MR) is 53.9 cm³/mol. The number of hydrogen-bond donors (Lipinski definition) is 0. The van der Waals surface area contributed by atoms with Crippen LogP contribution in [0.1, 0.15) is 51.9 Å². The molecule has 2 aliphatic carbocycles. The Morgan fingerprint density at radius 3 is 2.36 bits per heavy atom. The van der Waals surface area contributed by atoms with E-state index < -0.39 is 0 Å². The topological polar surface area (TPSA) is 0 Å². The Bertz CT molecular complexity index is 160. The molecule has 0 N–H and O–H groups in total. The summed E-state index contributed by atoms with van der Waals surface area (Å²) in [5, 5.41) is 0. The van der Waals surface area contributed by atoms with E-state index in [1.54, 1.807) is 49.4 Å². The van der Waals surface area contributed by atoms with Gasteiger partial charge in [-0.3, -0.25) is 0 Å². The number of alkyl halides is 4. The van der Waals surface area contributed by atoms with E-state index in [4.69, 9.17) is 0 Å². The second kappa shape index (κ2) is 6.26. The van der Waals surface area contributed by atoms with E-state index in [2.05, 4.69) is 6.92 Å². The van der Waals surface area contributed by atoms with Crippen LogP contribution in [0.25, 0.3) is 0 Å². The van der Waals surface area contributed by atoms with Crippen molar-refractivity contribution in [3.8, 4) is 0 Å². The monoisotopic (exact) mass is 420 g/mol. The molecule has 0 aromatic heterocycles. The first kappa shape index (κ1) is 11.9. The molecule has 2 fully saturated rings. The van der Waals surface area contributed by atoms with Crippen molar-refractivity contribution in [2.45, 2.75) is 57.7 Å². The zero-order valence-corrected chi connectivity index (χ0v) is 13.5. The molecule has 2 saturated carbocycles. The van der Waals surface area contributed by atoms with Gasteiger partial charge in [-0.1, -0.05) is 0 Å². The first-order chi connectivity index (χ1) is 6.84. The fourth-order valence-corrected chi connectivity index (χ4v) is 12.8. The molecule has 0 aliphatic heterocycles. The number of rotatable bonds is 5. The van der Waals surface area contributed by atoms with Crippen LogP contribution in [0.4, 0.5) is 0 Å². The van der Waals surface area contributed by atoms with Crippen molar-refractivity contribution in [3.63, 3.8) is 0 Å². The van der Waals surface area contributed by atoms with Gasteiger partial charge < -0.3 is 0 Å². The third-order valence-electron chi connectivity index (χ3n) is 3.38. The number of halogens is 2. The van der Waals surface area contributed by atoms with Crippen LogP contribution >= 0.6 is 0 Å². The molecule has 0 radical (unpaired) electrons. The maximum atomic E-state index is 2.58. The average molecular weight is 420 g/mol. The standard InChI is InChI=1S/C12H22I2/c1-10(13-9-11-5-4-6-11)14-12-7-2-3-8-12/h10-12H,2-9H2,1H3/q-2. The van der Waals surface area contributed by atoms with Gasteiger partial charge in [0.15, 0.2) is 0 Å². The SMILES string of the molecule is CC([I-]CC1CCC1)[I-]C1CCCC1. The summed E-state index contributed by atoms with van der Waals surface area (Å²) < 4.78 is 4.15. The van der Waals surface area contributed by atoms with Crippen LogP contribution in [-0.2, 0) is 0 Å². The van der Waals surface area contributed by atoms with Gasteiger partial charge in [-0.2, -0.15) is 0 Å². The van der Waals surface area contributed by atoms with E-state index in [1.165, 1.54) is 11.8 Å². The Labute approximate surface area is 110 Å². The fraction of sp³-hybridized carbons (Fsp3) is 1.00. The van der Waals surface area contributed by atoms with Gasteiger partial charge in [0.2, 0.25) is 0 Å². The van der Waals surface area contributed by atoms with Gasteiger partial charge in [0, 0.05) is 0 Å². The van der Waals surface area contributed by atoms with Gasteiger partial charge in [0.25, 0.3) is 0 Å². The quantitative estimate of drug-likeness (QED) is 0.335. The first-order valence-electron chi connectivity index (χ1n) is 6.04. The molecule has 2 heteroatoms. The summed E-state index contributed by atoms with van der Waals surface area (Å²) >= 11 is 1.19. The Morgan fingerprint density at radius 1 is 1.07 bits per heavy atom. The van der Waals surface area contributed by atoms with Crippen molar-refractivity contribution in [1.82, 2.24) is 0 Å². The molecule has 14 heavy (non-hydrogen) atoms. The van der Waals surface area contributed by atoms with Gasteiger partial charge >= 0.3 is 110 Å². The van der Waals surface area contributed by atoms with Crippen LogP contribution in [0.5, 0.6) is 0 Å². The summed E-state index contributed by atoms with van der Waals surface area (Å²) in [6, 6.07) is 0. The van der Waals surface area contributed by atoms with E-state index in [9.17, 15) is 0 Å². The zero-order valence-electron chi connectivity index (χ0n) is 9.14. The van der Waals surface area contributed by atoms with Gasteiger partial charge in [-0.05, 0) is 0 Å². The van der Waals surface area contributed by atoms with E-state index in [1.807, 2.05) is 0 Å². The Morgan fingerprint density at radius 2 is 1.79 bits per heavy atom. The maximum absolute atomic E-state index is 2.58. The molecule has 0 bridgehead atoms. The first-order valence-corrected chi connectivity index (χ1v) is 11.3. The van der Waals surface area contributed by atoms with Crippen LogP contribution in [0, 0.1) is 5.92 Å². The van der Waals surface area contributed by atoms with E-state index in [-0.39, 0.29) is 0 Å². The molecule has 1 unspecified atom stereocenters. The molecule has 1 atom stereocenters. The normalized spacial score (nSPS) is 26.9. The van der Waals surface area contributed by atoms with Crippen molar-refractivity contribution < 1.29 is 42.4 Å². The fourth-order valence-electron chi connectivity index (χ4n) is 2.18. The van der Waals surface area contributed by atoms with Crippen LogP contribution in [0.15, 0.2) is 0 Å². The van der Waals surface area contributed by atoms with Crippen molar-refractivity contribution in [3.05, 3.63) is 0 Å². The summed E-state index contributed by atoms with van der Waals surface area (Å²) in [6.45, 7) is 2.58. The molecule has 0 nitrogen and oxygen atoms in total. The Balaban J connectivity index is 1.55. The Kier molecular flexibility index (Phi) is 5.33. The molecule has 0 spiro atoms. The van der Waals surface area contributed by atoms with Crippen LogP contribution < -0.4 is 42.4 Å². The van der Waals surface area contributed by atoms with Gasteiger partial charge in [-0.15, -0.1) is 0 Å². The average Bonchev–Trinajstić information content (AvgIpc) is 2.54. The summed E-state index contributed by atoms with van der Waals surface area (Å²) in [5.41, 5.74) is 0. The molecule has 0 aromatic rings. The van der Waals surface area contributed by atoms with Gasteiger partial charge in [0.1, 0.15) is 0 Å². The predicted octanol–water partition coefficient (Wildman–Crippen LogP) is -2.75. The van der Waals surface area contributed by atoms with Gasteiger partial charge in [-0.25, -0.2) is 0 Å². The molecule has 0 amide bonds. The van der Waals surface area contributed by atoms with Crippen LogP contribution in [0.2, 0.25) is 0 Å². The second-order valence-electron chi connectivity index (χ2n) is 4.63. The third-order valence-corrected chi connectivity index (χ3v) is 13.7. The minimum atomic E-state index is 0.594. The van der Waals surface area contributed by atoms with Crippen molar-refractivity contribution in [2.75, 3.05) is 4.43 Å². The molecule has 86 valence electrons. The molecule has 0 aromatic carbocycles. The third kappa shape index (κ3) is 3.80. The summed E-state index contributed by atoms with van der Waals surface area (Å²) in [7, 11) is 0. The van der Waals surface area contributed by atoms with Crippen LogP contribution in [-0.4, -0.2) is 10.3 Å². The zero-order chi connectivity index (χ0) is 9.80. The van der Waals surface area contributed by atoms with E-state index in [0.29, 0.717) is 42.4 Å².